The molecule has 0 amide bonds. The Bertz CT molecular complexity index is 510. The molecule has 5 heteroatoms. The Morgan fingerprint density at radius 2 is 2.11 bits per heavy atom. The van der Waals surface area contributed by atoms with Gasteiger partial charge in [0.2, 0.25) is 0 Å². The molecule has 5 nitrogen and oxygen atoms in total. The molecule has 0 radical (unpaired) electrons. The monoisotopic (exact) mass is 247 g/mol. The topological polar surface area (TPSA) is 74.2 Å². The molecule has 0 aliphatic heterocycles. The molecule has 1 aromatic heterocycles. The molecule has 1 heterocycles. The van der Waals surface area contributed by atoms with E-state index in [0.717, 1.165) is 23.4 Å². The summed E-state index contributed by atoms with van der Waals surface area (Å²) in [6.07, 6.45) is 0.866. The van der Waals surface area contributed by atoms with Crippen molar-refractivity contribution in [3.63, 3.8) is 0 Å². The number of nitrogens with zero attached hydrogens (tertiary/aromatic N) is 2. The lowest BCUT2D eigenvalue weighted by Gasteiger charge is -2.14. The van der Waals surface area contributed by atoms with E-state index in [1.165, 1.54) is 0 Å². The van der Waals surface area contributed by atoms with E-state index in [0.29, 0.717) is 12.3 Å². The minimum absolute atomic E-state index is 0.0160. The summed E-state index contributed by atoms with van der Waals surface area (Å²) in [5, 5.41) is 7.49. The largest absolute Gasteiger partial charge is 0.487 e. The first-order valence-electron chi connectivity index (χ1n) is 5.97. The number of para-hydroxylation sites is 1. The molecule has 0 bridgehead atoms. The maximum absolute atomic E-state index is 6.05. The zero-order chi connectivity index (χ0) is 13.0. The fourth-order valence-corrected chi connectivity index (χ4v) is 1.66. The molecule has 2 aromatic rings. The molecule has 0 aliphatic rings. The van der Waals surface area contributed by atoms with Crippen LogP contribution in [0, 0.1) is 6.92 Å². The summed E-state index contributed by atoms with van der Waals surface area (Å²) in [7, 11) is 0. The lowest BCUT2D eigenvalue weighted by atomic mass is 10.0. The van der Waals surface area contributed by atoms with Crippen LogP contribution in [0.5, 0.6) is 5.75 Å². The Balaban J connectivity index is 2.12. The number of nitrogens with two attached hydrogens (primary N) is 1. The van der Waals surface area contributed by atoms with E-state index in [1.54, 1.807) is 0 Å². The molecule has 2 N–H and O–H groups in total. The van der Waals surface area contributed by atoms with E-state index in [1.807, 2.05) is 38.1 Å². The molecule has 1 aromatic carbocycles. The van der Waals surface area contributed by atoms with Crippen LogP contribution in [0.1, 0.15) is 36.3 Å². The van der Waals surface area contributed by atoms with Crippen molar-refractivity contribution in [3.05, 3.63) is 41.2 Å². The molecule has 0 spiro atoms. The van der Waals surface area contributed by atoms with Gasteiger partial charge in [0.1, 0.15) is 23.7 Å². The summed E-state index contributed by atoms with van der Waals surface area (Å²) in [6, 6.07) is 7.76. The zero-order valence-corrected chi connectivity index (χ0v) is 10.6. The second-order valence-corrected chi connectivity index (χ2v) is 4.14. The lowest BCUT2D eigenvalue weighted by molar-refractivity contribution is 0.267. The summed E-state index contributed by atoms with van der Waals surface area (Å²) in [5.41, 5.74) is 8.50. The minimum Gasteiger partial charge on any atom is -0.487 e. The van der Waals surface area contributed by atoms with Crippen molar-refractivity contribution >= 4 is 0 Å². The first-order valence-corrected chi connectivity index (χ1v) is 5.97. The van der Waals surface area contributed by atoms with E-state index >= 15 is 0 Å². The molecule has 0 saturated heterocycles. The zero-order valence-electron chi connectivity index (χ0n) is 10.6. The number of hydrogen-bond donors (Lipinski definition) is 1. The van der Waals surface area contributed by atoms with Crippen LogP contribution in [-0.2, 0) is 6.61 Å². The molecular formula is C13H17N3O2. The second kappa shape index (κ2) is 5.64. The third-order valence-electron chi connectivity index (χ3n) is 2.87. The van der Waals surface area contributed by atoms with Crippen LogP contribution in [0.25, 0.3) is 0 Å². The molecule has 1 atom stereocenters. The number of ether oxygens (including phenoxy) is 1. The number of benzene rings is 1. The average molecular weight is 247 g/mol. The van der Waals surface area contributed by atoms with Gasteiger partial charge in [-0.05, 0) is 19.4 Å². The van der Waals surface area contributed by atoms with Gasteiger partial charge in [-0.25, -0.2) is 4.63 Å². The van der Waals surface area contributed by atoms with Crippen LogP contribution in [0.4, 0.5) is 0 Å². The van der Waals surface area contributed by atoms with E-state index in [9.17, 15) is 0 Å². The van der Waals surface area contributed by atoms with Crippen LogP contribution in [0.2, 0.25) is 0 Å². The predicted molar refractivity (Wildman–Crippen MR) is 67.0 cm³/mol. The van der Waals surface area contributed by atoms with Gasteiger partial charge in [0, 0.05) is 11.6 Å². The third kappa shape index (κ3) is 2.68. The Morgan fingerprint density at radius 3 is 2.78 bits per heavy atom. The normalized spacial score (nSPS) is 12.4. The molecule has 2 rings (SSSR count). The second-order valence-electron chi connectivity index (χ2n) is 4.14. The van der Waals surface area contributed by atoms with Crippen molar-refractivity contribution in [2.75, 3.05) is 0 Å². The SMILES string of the molecule is CC[C@H](N)c1ccccc1OCc1nonc1C. The Labute approximate surface area is 106 Å². The first kappa shape index (κ1) is 12.6. The van der Waals surface area contributed by atoms with Gasteiger partial charge in [-0.15, -0.1) is 0 Å². The van der Waals surface area contributed by atoms with Crippen molar-refractivity contribution in [1.29, 1.82) is 0 Å². The maximum Gasteiger partial charge on any atom is 0.145 e. The molecule has 18 heavy (non-hydrogen) atoms. The summed E-state index contributed by atoms with van der Waals surface area (Å²) in [5.74, 6) is 0.786. The Hall–Kier alpha value is -1.88. The van der Waals surface area contributed by atoms with Gasteiger partial charge >= 0.3 is 0 Å². The van der Waals surface area contributed by atoms with Crippen LogP contribution < -0.4 is 10.5 Å². The van der Waals surface area contributed by atoms with Crippen molar-refractivity contribution in [1.82, 2.24) is 10.3 Å². The number of hydrogen-bond acceptors (Lipinski definition) is 5. The van der Waals surface area contributed by atoms with Crippen LogP contribution >= 0.6 is 0 Å². The molecule has 0 aliphatic carbocycles. The van der Waals surface area contributed by atoms with Gasteiger partial charge in [0.15, 0.2) is 0 Å². The standard InChI is InChI=1S/C13H17N3O2/c1-3-11(14)10-6-4-5-7-13(10)17-8-12-9(2)15-18-16-12/h4-7,11H,3,8,14H2,1-2H3/t11-/m0/s1. The molecular weight excluding hydrogens is 230 g/mol. The number of aryl methyl sites for hydroxylation is 1. The minimum atomic E-state index is -0.0160. The van der Waals surface area contributed by atoms with Gasteiger partial charge < -0.3 is 10.5 Å². The Morgan fingerprint density at radius 1 is 1.33 bits per heavy atom. The lowest BCUT2D eigenvalue weighted by Crippen LogP contribution is -2.11. The van der Waals surface area contributed by atoms with Crippen molar-refractivity contribution < 1.29 is 9.37 Å². The van der Waals surface area contributed by atoms with E-state index in [2.05, 4.69) is 14.9 Å². The molecule has 0 unspecified atom stereocenters. The molecule has 96 valence electrons. The van der Waals surface area contributed by atoms with Gasteiger partial charge in [0.25, 0.3) is 0 Å². The van der Waals surface area contributed by atoms with Crippen molar-refractivity contribution in [3.8, 4) is 5.75 Å². The smallest absolute Gasteiger partial charge is 0.145 e. The van der Waals surface area contributed by atoms with Gasteiger partial charge in [-0.1, -0.05) is 35.4 Å². The van der Waals surface area contributed by atoms with Crippen molar-refractivity contribution in [2.45, 2.75) is 32.9 Å². The highest BCUT2D eigenvalue weighted by molar-refractivity contribution is 5.35. The molecule has 0 saturated carbocycles. The van der Waals surface area contributed by atoms with E-state index in [4.69, 9.17) is 10.5 Å². The number of aromatic nitrogens is 2. The van der Waals surface area contributed by atoms with Crippen LogP contribution in [-0.4, -0.2) is 10.3 Å². The van der Waals surface area contributed by atoms with E-state index < -0.39 is 0 Å². The average Bonchev–Trinajstić information content (AvgIpc) is 2.81. The van der Waals surface area contributed by atoms with Gasteiger partial charge in [-0.3, -0.25) is 0 Å². The van der Waals surface area contributed by atoms with Gasteiger partial charge in [-0.2, -0.15) is 0 Å². The fourth-order valence-electron chi connectivity index (χ4n) is 1.66. The molecule has 0 fully saturated rings. The highest BCUT2D eigenvalue weighted by Crippen LogP contribution is 2.26. The number of rotatable bonds is 5. The third-order valence-corrected chi connectivity index (χ3v) is 2.87. The summed E-state index contributed by atoms with van der Waals surface area (Å²) >= 11 is 0. The Kier molecular flexibility index (Phi) is 3.94. The highest BCUT2D eigenvalue weighted by atomic mass is 16.6. The first-order chi connectivity index (χ1) is 8.72. The van der Waals surface area contributed by atoms with E-state index in [-0.39, 0.29) is 6.04 Å². The summed E-state index contributed by atoms with van der Waals surface area (Å²) in [4.78, 5) is 0. The maximum atomic E-state index is 6.05. The fraction of sp³-hybridized carbons (Fsp3) is 0.385. The predicted octanol–water partition coefficient (Wildman–Crippen LogP) is 2.37. The highest BCUT2D eigenvalue weighted by Gasteiger charge is 2.11. The van der Waals surface area contributed by atoms with Crippen molar-refractivity contribution in [2.24, 2.45) is 5.73 Å². The van der Waals surface area contributed by atoms with Crippen LogP contribution in [0.15, 0.2) is 28.9 Å². The quantitative estimate of drug-likeness (QED) is 0.877. The van der Waals surface area contributed by atoms with Gasteiger partial charge in [0.05, 0.1) is 0 Å². The summed E-state index contributed by atoms with van der Waals surface area (Å²) < 4.78 is 10.4. The summed E-state index contributed by atoms with van der Waals surface area (Å²) in [6.45, 7) is 4.22. The van der Waals surface area contributed by atoms with Crippen LogP contribution in [0.3, 0.4) is 0 Å².